The van der Waals surface area contributed by atoms with Crippen LogP contribution in [0, 0.1) is 0 Å². The molecule has 8 heteroatoms. The van der Waals surface area contributed by atoms with Crippen molar-refractivity contribution in [2.75, 3.05) is 11.1 Å². The van der Waals surface area contributed by atoms with Crippen LogP contribution in [0.15, 0.2) is 42.5 Å². The molecule has 0 aromatic heterocycles. The number of benzene rings is 2. The summed E-state index contributed by atoms with van der Waals surface area (Å²) in [5, 5.41) is 11.4. The monoisotopic (exact) mass is 358 g/mol. The fraction of sp³-hybridized carbons (Fsp3) is 0.188. The van der Waals surface area contributed by atoms with Crippen LogP contribution in [-0.4, -0.2) is 22.8 Å². The highest BCUT2D eigenvalue weighted by atomic mass is 35.5. The van der Waals surface area contributed by atoms with E-state index in [0.717, 1.165) is 5.56 Å². The van der Waals surface area contributed by atoms with Crippen molar-refractivity contribution in [1.29, 1.82) is 0 Å². The molecule has 0 aliphatic carbocycles. The number of amides is 1. The zero-order valence-electron chi connectivity index (χ0n) is 12.5. The maximum atomic E-state index is 12.7. The van der Waals surface area contributed by atoms with Gasteiger partial charge in [-0.3, -0.25) is 4.79 Å². The van der Waals surface area contributed by atoms with Crippen molar-refractivity contribution in [3.63, 3.8) is 0 Å². The zero-order valence-corrected chi connectivity index (χ0v) is 13.2. The van der Waals surface area contributed by atoms with Gasteiger partial charge in [0.1, 0.15) is 0 Å². The van der Waals surface area contributed by atoms with Crippen LogP contribution in [0.3, 0.4) is 0 Å². The summed E-state index contributed by atoms with van der Waals surface area (Å²) >= 11 is 6.02. The minimum atomic E-state index is -5.10. The lowest BCUT2D eigenvalue weighted by Gasteiger charge is -2.25. The van der Waals surface area contributed by atoms with Crippen molar-refractivity contribution in [2.24, 2.45) is 0 Å². The van der Waals surface area contributed by atoms with Gasteiger partial charge in [-0.25, -0.2) is 0 Å². The van der Waals surface area contributed by atoms with Crippen LogP contribution in [0.1, 0.15) is 6.92 Å². The van der Waals surface area contributed by atoms with Crippen molar-refractivity contribution in [1.82, 2.24) is 0 Å². The predicted octanol–water partition coefficient (Wildman–Crippen LogP) is 3.84. The van der Waals surface area contributed by atoms with Crippen molar-refractivity contribution in [2.45, 2.75) is 18.7 Å². The Labute approximate surface area is 141 Å². The Morgan fingerprint density at radius 3 is 2.17 bits per heavy atom. The summed E-state index contributed by atoms with van der Waals surface area (Å²) in [5.74, 6) is -1.61. The number of anilines is 2. The molecule has 1 atom stereocenters. The molecule has 0 spiro atoms. The fourth-order valence-electron chi connectivity index (χ4n) is 1.84. The van der Waals surface area contributed by atoms with Gasteiger partial charge < -0.3 is 16.2 Å². The third kappa shape index (κ3) is 3.63. The lowest BCUT2D eigenvalue weighted by atomic mass is 10.0. The first-order valence-corrected chi connectivity index (χ1v) is 7.16. The number of hydrogen-bond donors (Lipinski definition) is 3. The molecule has 128 valence electrons. The average molecular weight is 359 g/mol. The van der Waals surface area contributed by atoms with Gasteiger partial charge in [-0.15, -0.1) is 0 Å². The second kappa shape index (κ2) is 6.33. The molecule has 0 aliphatic rings. The maximum Gasteiger partial charge on any atom is 0.426 e. The second-order valence-electron chi connectivity index (χ2n) is 5.34. The minimum absolute atomic E-state index is 0.0367. The van der Waals surface area contributed by atoms with Gasteiger partial charge >= 0.3 is 6.18 Å². The van der Waals surface area contributed by atoms with E-state index in [9.17, 15) is 23.1 Å². The Hall–Kier alpha value is -2.25. The first-order chi connectivity index (χ1) is 11.0. The molecule has 4 N–H and O–H groups in total. The normalized spacial score (nSPS) is 14.1. The smallest absolute Gasteiger partial charge is 0.399 e. The van der Waals surface area contributed by atoms with Crippen molar-refractivity contribution >= 4 is 28.9 Å². The summed E-state index contributed by atoms with van der Waals surface area (Å²) in [5.41, 5.74) is 4.12. The first kappa shape index (κ1) is 18.1. The Bertz CT molecular complexity index is 759. The van der Waals surface area contributed by atoms with Gasteiger partial charge in [0.15, 0.2) is 0 Å². The van der Waals surface area contributed by atoms with Gasteiger partial charge in [0.25, 0.3) is 5.91 Å². The van der Waals surface area contributed by atoms with Gasteiger partial charge in [0, 0.05) is 5.69 Å². The molecule has 1 amide bonds. The summed E-state index contributed by atoms with van der Waals surface area (Å²) in [4.78, 5) is 11.7. The lowest BCUT2D eigenvalue weighted by Crippen LogP contribution is -2.52. The number of rotatable bonds is 3. The van der Waals surface area contributed by atoms with Gasteiger partial charge in [-0.1, -0.05) is 29.8 Å². The van der Waals surface area contributed by atoms with Gasteiger partial charge in [0.2, 0.25) is 5.60 Å². The van der Waals surface area contributed by atoms with E-state index in [1.807, 2.05) is 5.32 Å². The van der Waals surface area contributed by atoms with Gasteiger partial charge in [-0.2, -0.15) is 13.2 Å². The summed E-state index contributed by atoms with van der Waals surface area (Å²) in [6.07, 6.45) is -5.10. The third-order valence-corrected chi connectivity index (χ3v) is 3.77. The van der Waals surface area contributed by atoms with E-state index in [-0.39, 0.29) is 10.7 Å². The molecule has 4 nitrogen and oxygen atoms in total. The summed E-state index contributed by atoms with van der Waals surface area (Å²) in [7, 11) is 0. The molecule has 1 unspecified atom stereocenters. The molecule has 0 fully saturated rings. The predicted molar refractivity (Wildman–Crippen MR) is 86.6 cm³/mol. The molecule has 24 heavy (non-hydrogen) atoms. The highest BCUT2D eigenvalue weighted by Crippen LogP contribution is 2.33. The van der Waals surface area contributed by atoms with Crippen LogP contribution in [-0.2, 0) is 4.79 Å². The van der Waals surface area contributed by atoms with Crippen LogP contribution in [0.25, 0.3) is 11.1 Å². The molecule has 2 aromatic carbocycles. The highest BCUT2D eigenvalue weighted by Gasteiger charge is 2.55. The lowest BCUT2D eigenvalue weighted by molar-refractivity contribution is -0.242. The average Bonchev–Trinajstić information content (AvgIpc) is 2.48. The number of nitrogen functional groups attached to an aromatic ring is 1. The van der Waals surface area contributed by atoms with E-state index in [4.69, 9.17) is 17.3 Å². The summed E-state index contributed by atoms with van der Waals surface area (Å²) in [6, 6.07) is 11.3. The molecule has 0 saturated carbocycles. The number of aliphatic hydroxyl groups is 1. The largest absolute Gasteiger partial charge is 0.426 e. The zero-order chi connectivity index (χ0) is 18.1. The van der Waals surface area contributed by atoms with E-state index in [2.05, 4.69) is 0 Å². The minimum Gasteiger partial charge on any atom is -0.399 e. The van der Waals surface area contributed by atoms with Crippen LogP contribution in [0.2, 0.25) is 5.02 Å². The van der Waals surface area contributed by atoms with Crippen LogP contribution in [0.4, 0.5) is 24.5 Å². The number of hydrogen-bond acceptors (Lipinski definition) is 3. The number of halogens is 4. The van der Waals surface area contributed by atoms with Crippen LogP contribution in [0.5, 0.6) is 0 Å². The molecule has 0 bridgehead atoms. The standard InChI is InChI=1S/C16H14ClF3N2O2/c1-15(24,16(18,19)20)14(23)22-13-7-4-10(8-12(13)17)9-2-5-11(21)6-3-9/h2-8,24H,21H2,1H3,(H,22,23). The number of carbonyl (C=O) groups is 1. The SMILES string of the molecule is CC(O)(C(=O)Nc1ccc(-c2ccc(N)cc2)cc1Cl)C(F)(F)F. The van der Waals surface area contributed by atoms with Crippen molar-refractivity contribution in [3.8, 4) is 11.1 Å². The Morgan fingerprint density at radius 1 is 1.12 bits per heavy atom. The van der Waals surface area contributed by atoms with Crippen LogP contribution < -0.4 is 11.1 Å². The van der Waals surface area contributed by atoms with E-state index in [0.29, 0.717) is 18.2 Å². The van der Waals surface area contributed by atoms with E-state index in [1.54, 1.807) is 30.3 Å². The molecule has 0 saturated heterocycles. The number of alkyl halides is 3. The van der Waals surface area contributed by atoms with Crippen LogP contribution >= 0.6 is 11.6 Å². The topological polar surface area (TPSA) is 75.3 Å². The number of nitrogens with one attached hydrogen (secondary N) is 1. The molecular formula is C16H14ClF3N2O2. The second-order valence-corrected chi connectivity index (χ2v) is 5.75. The number of carbonyl (C=O) groups excluding carboxylic acids is 1. The molecule has 2 rings (SSSR count). The van der Waals surface area contributed by atoms with Gasteiger partial charge in [0.05, 0.1) is 10.7 Å². The van der Waals surface area contributed by atoms with Crippen molar-refractivity contribution in [3.05, 3.63) is 47.5 Å². The van der Waals surface area contributed by atoms with Crippen molar-refractivity contribution < 1.29 is 23.1 Å². The Kier molecular flexibility index (Phi) is 4.77. The fourth-order valence-corrected chi connectivity index (χ4v) is 2.07. The third-order valence-electron chi connectivity index (χ3n) is 3.46. The molecular weight excluding hydrogens is 345 g/mol. The summed E-state index contributed by atoms with van der Waals surface area (Å²) in [6.45, 7) is 0.374. The molecule has 2 aromatic rings. The quantitative estimate of drug-likeness (QED) is 0.730. The van der Waals surface area contributed by atoms with E-state index < -0.39 is 17.7 Å². The Balaban J connectivity index is 2.25. The summed E-state index contributed by atoms with van der Waals surface area (Å²) < 4.78 is 38.0. The van der Waals surface area contributed by atoms with Gasteiger partial charge in [-0.05, 0) is 42.3 Å². The first-order valence-electron chi connectivity index (χ1n) is 6.78. The Morgan fingerprint density at radius 2 is 1.67 bits per heavy atom. The molecule has 0 radical (unpaired) electrons. The number of nitrogens with two attached hydrogens (primary N) is 1. The molecule has 0 aliphatic heterocycles. The van der Waals surface area contributed by atoms with E-state index in [1.165, 1.54) is 12.1 Å². The maximum absolute atomic E-state index is 12.7. The molecule has 0 heterocycles. The highest BCUT2D eigenvalue weighted by molar-refractivity contribution is 6.34. The van der Waals surface area contributed by atoms with E-state index >= 15 is 0 Å².